The highest BCUT2D eigenvalue weighted by molar-refractivity contribution is 5.33. The van der Waals surface area contributed by atoms with Crippen LogP contribution in [0.4, 0.5) is 0 Å². The van der Waals surface area contributed by atoms with Gasteiger partial charge >= 0.3 is 0 Å². The maximum atomic E-state index is 9.87. The highest BCUT2D eigenvalue weighted by Crippen LogP contribution is 2.22. The number of isocyanates is 1. The van der Waals surface area contributed by atoms with Gasteiger partial charge in [-0.3, -0.25) is 0 Å². The van der Waals surface area contributed by atoms with Crippen molar-refractivity contribution in [1.82, 2.24) is 0 Å². The van der Waals surface area contributed by atoms with Crippen molar-refractivity contribution in [2.45, 2.75) is 13.0 Å². The SMILES string of the molecule is CC(N=C=O)C(CO)(CO)CO. The fourth-order valence-corrected chi connectivity index (χ4v) is 0.762. The number of aliphatic hydroxyl groups is 3. The molecule has 0 aromatic carbocycles. The molecule has 1 unspecified atom stereocenters. The molecule has 0 spiro atoms. The Kier molecular flexibility index (Phi) is 4.70. The van der Waals surface area contributed by atoms with Crippen LogP contribution < -0.4 is 0 Å². The predicted octanol–water partition coefficient (Wildman–Crippen LogP) is -1.33. The van der Waals surface area contributed by atoms with E-state index in [1.165, 1.54) is 13.0 Å². The molecular formula is C7H13NO4. The quantitative estimate of drug-likeness (QED) is 0.357. The molecule has 0 aliphatic rings. The molecule has 0 rings (SSSR count). The number of rotatable bonds is 5. The van der Waals surface area contributed by atoms with Gasteiger partial charge in [-0.2, -0.15) is 0 Å². The lowest BCUT2D eigenvalue weighted by Gasteiger charge is -2.30. The third-order valence-electron chi connectivity index (χ3n) is 2.08. The monoisotopic (exact) mass is 175 g/mol. The van der Waals surface area contributed by atoms with E-state index in [-0.39, 0.29) is 0 Å². The van der Waals surface area contributed by atoms with Crippen molar-refractivity contribution in [1.29, 1.82) is 0 Å². The van der Waals surface area contributed by atoms with E-state index in [0.717, 1.165) is 0 Å². The van der Waals surface area contributed by atoms with E-state index in [1.807, 2.05) is 0 Å². The molecule has 0 aliphatic heterocycles. The summed E-state index contributed by atoms with van der Waals surface area (Å²) in [5.41, 5.74) is -1.13. The molecule has 0 heterocycles. The minimum Gasteiger partial charge on any atom is -0.396 e. The van der Waals surface area contributed by atoms with E-state index in [2.05, 4.69) is 4.99 Å². The molecule has 3 N–H and O–H groups in total. The third kappa shape index (κ3) is 2.12. The lowest BCUT2D eigenvalue weighted by atomic mass is 9.84. The summed E-state index contributed by atoms with van der Waals surface area (Å²) in [6.45, 7) is 0.249. The normalized spacial score (nSPS) is 13.7. The van der Waals surface area contributed by atoms with Crippen molar-refractivity contribution >= 4 is 6.08 Å². The van der Waals surface area contributed by atoms with E-state index in [1.54, 1.807) is 0 Å². The Morgan fingerprint density at radius 2 is 1.75 bits per heavy atom. The molecule has 12 heavy (non-hydrogen) atoms. The Morgan fingerprint density at radius 1 is 1.33 bits per heavy atom. The van der Waals surface area contributed by atoms with Crippen molar-refractivity contribution in [2.24, 2.45) is 10.4 Å². The van der Waals surface area contributed by atoms with Crippen molar-refractivity contribution < 1.29 is 20.1 Å². The molecule has 0 radical (unpaired) electrons. The van der Waals surface area contributed by atoms with E-state index in [9.17, 15) is 4.79 Å². The first-order valence-corrected chi connectivity index (χ1v) is 3.56. The van der Waals surface area contributed by atoms with Crippen molar-refractivity contribution in [3.05, 3.63) is 0 Å². The smallest absolute Gasteiger partial charge is 0.235 e. The molecule has 0 saturated carbocycles. The largest absolute Gasteiger partial charge is 0.396 e. The molecule has 5 heteroatoms. The Bertz CT molecular complexity index is 164. The first-order valence-electron chi connectivity index (χ1n) is 3.56. The minimum atomic E-state index is -1.13. The van der Waals surface area contributed by atoms with Crippen LogP contribution in [0.2, 0.25) is 0 Å². The Balaban J connectivity index is 4.56. The molecule has 5 nitrogen and oxygen atoms in total. The molecule has 0 aromatic heterocycles. The summed E-state index contributed by atoms with van der Waals surface area (Å²) in [6, 6.07) is -0.644. The van der Waals surface area contributed by atoms with Gasteiger partial charge < -0.3 is 15.3 Å². The van der Waals surface area contributed by atoms with Crippen LogP contribution in [0.3, 0.4) is 0 Å². The van der Waals surface area contributed by atoms with E-state index < -0.39 is 31.3 Å². The average Bonchev–Trinajstić information content (AvgIpc) is 2.09. The number of aliphatic imine (C=N–C) groups is 1. The van der Waals surface area contributed by atoms with Gasteiger partial charge in [0, 0.05) is 0 Å². The van der Waals surface area contributed by atoms with Gasteiger partial charge in [0.15, 0.2) is 0 Å². The first-order chi connectivity index (χ1) is 5.66. The fraction of sp³-hybridized carbons (Fsp3) is 0.857. The van der Waals surface area contributed by atoms with Crippen LogP contribution in [0.1, 0.15) is 6.92 Å². The zero-order chi connectivity index (χ0) is 9.61. The second kappa shape index (κ2) is 5.00. The topological polar surface area (TPSA) is 90.1 Å². The fourth-order valence-electron chi connectivity index (χ4n) is 0.762. The van der Waals surface area contributed by atoms with Gasteiger partial charge in [0.25, 0.3) is 0 Å². The third-order valence-corrected chi connectivity index (χ3v) is 2.08. The second-order valence-electron chi connectivity index (χ2n) is 2.73. The van der Waals surface area contributed by atoms with E-state index in [4.69, 9.17) is 15.3 Å². The maximum Gasteiger partial charge on any atom is 0.235 e. The van der Waals surface area contributed by atoms with E-state index in [0.29, 0.717) is 0 Å². The highest BCUT2D eigenvalue weighted by atomic mass is 16.3. The standard InChI is InChI=1S/C7H13NO4/c1-6(8-5-12)7(2-9,3-10)4-11/h6,9-11H,2-4H2,1H3. The van der Waals surface area contributed by atoms with Crippen LogP contribution in [0.5, 0.6) is 0 Å². The molecular weight excluding hydrogens is 162 g/mol. The zero-order valence-corrected chi connectivity index (χ0v) is 6.90. The van der Waals surface area contributed by atoms with Gasteiger partial charge in [0.2, 0.25) is 6.08 Å². The summed E-state index contributed by atoms with van der Waals surface area (Å²) < 4.78 is 0. The molecule has 0 aliphatic carbocycles. The van der Waals surface area contributed by atoms with Crippen molar-refractivity contribution in [2.75, 3.05) is 19.8 Å². The van der Waals surface area contributed by atoms with Gasteiger partial charge in [-0.05, 0) is 6.92 Å². The van der Waals surface area contributed by atoms with Gasteiger partial charge in [0.1, 0.15) is 0 Å². The van der Waals surface area contributed by atoms with Crippen LogP contribution in [-0.2, 0) is 4.79 Å². The van der Waals surface area contributed by atoms with Crippen LogP contribution in [0, 0.1) is 5.41 Å². The number of aliphatic hydroxyl groups excluding tert-OH is 3. The van der Waals surface area contributed by atoms with Crippen LogP contribution in [-0.4, -0.2) is 47.3 Å². The van der Waals surface area contributed by atoms with Gasteiger partial charge in [0.05, 0.1) is 31.3 Å². The zero-order valence-electron chi connectivity index (χ0n) is 6.90. The van der Waals surface area contributed by atoms with Crippen LogP contribution >= 0.6 is 0 Å². The van der Waals surface area contributed by atoms with Crippen LogP contribution in [0.25, 0.3) is 0 Å². The summed E-state index contributed by atoms with van der Waals surface area (Å²) in [4.78, 5) is 13.2. The predicted molar refractivity (Wildman–Crippen MR) is 41.3 cm³/mol. The average molecular weight is 175 g/mol. The molecule has 1 atom stereocenters. The van der Waals surface area contributed by atoms with Crippen molar-refractivity contribution in [3.8, 4) is 0 Å². The summed E-state index contributed by atoms with van der Waals surface area (Å²) in [5, 5.41) is 26.6. The number of hydrogen-bond acceptors (Lipinski definition) is 5. The maximum absolute atomic E-state index is 9.87. The second-order valence-corrected chi connectivity index (χ2v) is 2.73. The first kappa shape index (κ1) is 11.3. The van der Waals surface area contributed by atoms with Crippen molar-refractivity contribution in [3.63, 3.8) is 0 Å². The molecule has 0 amide bonds. The number of carbonyl (C=O) groups excluding carboxylic acids is 1. The Labute approximate surface area is 70.4 Å². The lowest BCUT2D eigenvalue weighted by Crippen LogP contribution is -2.42. The Hall–Kier alpha value is -0.740. The Morgan fingerprint density at radius 3 is 2.00 bits per heavy atom. The van der Waals surface area contributed by atoms with Gasteiger partial charge in [-0.1, -0.05) is 0 Å². The summed E-state index contributed by atoms with van der Waals surface area (Å²) in [7, 11) is 0. The summed E-state index contributed by atoms with van der Waals surface area (Å²) in [6.07, 6.45) is 1.32. The molecule has 70 valence electrons. The highest BCUT2D eigenvalue weighted by Gasteiger charge is 2.34. The molecule has 0 fully saturated rings. The van der Waals surface area contributed by atoms with E-state index >= 15 is 0 Å². The number of nitrogens with zero attached hydrogens (tertiary/aromatic N) is 1. The van der Waals surface area contributed by atoms with Crippen LogP contribution in [0.15, 0.2) is 4.99 Å². The van der Waals surface area contributed by atoms with Gasteiger partial charge in [-0.15, -0.1) is 0 Å². The molecule has 0 saturated heterocycles. The number of hydrogen-bond donors (Lipinski definition) is 3. The minimum absolute atomic E-state index is 0.424. The molecule has 0 bridgehead atoms. The van der Waals surface area contributed by atoms with Gasteiger partial charge in [-0.25, -0.2) is 9.79 Å². The molecule has 0 aromatic rings. The summed E-state index contributed by atoms with van der Waals surface area (Å²) >= 11 is 0. The lowest BCUT2D eigenvalue weighted by molar-refractivity contribution is -0.00837. The summed E-state index contributed by atoms with van der Waals surface area (Å²) in [5.74, 6) is 0.